The number of ether oxygens (including phenoxy) is 2. The minimum absolute atomic E-state index is 0.0379. The fourth-order valence-corrected chi connectivity index (χ4v) is 4.30. The molecule has 1 aliphatic carbocycles. The summed E-state index contributed by atoms with van der Waals surface area (Å²) in [5, 5.41) is 0.370. The van der Waals surface area contributed by atoms with Crippen LogP contribution in [-0.4, -0.2) is 28.7 Å². The molecule has 2 heterocycles. The van der Waals surface area contributed by atoms with Crippen molar-refractivity contribution in [3.05, 3.63) is 54.7 Å². The van der Waals surface area contributed by atoms with Gasteiger partial charge in [0.1, 0.15) is 9.26 Å². The molecule has 0 amide bonds. The Bertz CT molecular complexity index is 1010. The van der Waals surface area contributed by atoms with Gasteiger partial charge in [-0.1, -0.05) is 32.4 Å². The van der Waals surface area contributed by atoms with Crippen molar-refractivity contribution in [1.29, 1.82) is 0 Å². The highest BCUT2D eigenvalue weighted by Crippen LogP contribution is 2.37. The molecule has 0 saturated heterocycles. The van der Waals surface area contributed by atoms with Gasteiger partial charge in [0.25, 0.3) is 0 Å². The van der Waals surface area contributed by atoms with Gasteiger partial charge < -0.3 is 14.0 Å². The van der Waals surface area contributed by atoms with Crippen molar-refractivity contribution < 1.29 is 14.3 Å². The largest absolute Gasteiger partial charge is 0.490 e. The average Bonchev–Trinajstić information content (AvgIpc) is 3.51. The van der Waals surface area contributed by atoms with Crippen LogP contribution in [0.4, 0.5) is 0 Å². The number of carbonyl (C=O) groups is 1. The Morgan fingerprint density at radius 1 is 1.39 bits per heavy atom. The fraction of sp³-hybridized carbons (Fsp3) is 0.522. The second-order valence-electron chi connectivity index (χ2n) is 8.96. The Balaban J connectivity index is 1.94. The van der Waals surface area contributed by atoms with Gasteiger partial charge in [-0.2, -0.15) is 0 Å². The topological polar surface area (TPSA) is 70.4 Å². The predicted octanol–water partition coefficient (Wildman–Crippen LogP) is 5.30. The molecule has 0 spiro atoms. The third-order valence-corrected chi connectivity index (χ3v) is 6.56. The van der Waals surface area contributed by atoms with E-state index in [0.29, 0.717) is 29.8 Å². The first-order valence-electron chi connectivity index (χ1n) is 10.5. The molecule has 0 aromatic carbocycles. The molecule has 0 aliphatic heterocycles. The smallest absolute Gasteiger partial charge is 0.343 e. The van der Waals surface area contributed by atoms with Crippen LogP contribution >= 0.6 is 34.2 Å². The second-order valence-corrected chi connectivity index (χ2v) is 10.3. The van der Waals surface area contributed by atoms with Crippen LogP contribution in [0, 0.1) is 15.0 Å². The Labute approximate surface area is 201 Å². The van der Waals surface area contributed by atoms with Crippen molar-refractivity contribution in [2.75, 3.05) is 13.2 Å². The van der Waals surface area contributed by atoms with Gasteiger partial charge in [-0.05, 0) is 71.7 Å². The summed E-state index contributed by atoms with van der Waals surface area (Å²) in [4.78, 5) is 28.9. The number of hydrogen-bond donors (Lipinski definition) is 0. The monoisotopic (exact) mass is 558 g/mol. The van der Waals surface area contributed by atoms with E-state index in [0.717, 1.165) is 9.26 Å². The van der Waals surface area contributed by atoms with Crippen LogP contribution in [0.3, 0.4) is 0 Å². The van der Waals surface area contributed by atoms with Crippen LogP contribution in [0.2, 0.25) is 5.15 Å². The Morgan fingerprint density at radius 2 is 2.10 bits per heavy atom. The first kappa shape index (κ1) is 24.0. The Kier molecular flexibility index (Phi) is 7.68. The van der Waals surface area contributed by atoms with E-state index in [1.807, 2.05) is 10.6 Å². The van der Waals surface area contributed by atoms with Crippen LogP contribution in [0.5, 0.6) is 5.75 Å². The summed E-state index contributed by atoms with van der Waals surface area (Å²) in [5.41, 5.74) is 0.530. The van der Waals surface area contributed by atoms with Crippen molar-refractivity contribution in [2.45, 2.75) is 53.0 Å². The van der Waals surface area contributed by atoms with Crippen molar-refractivity contribution in [3.8, 4) is 5.75 Å². The molecule has 2 aromatic heterocycles. The van der Waals surface area contributed by atoms with Crippen molar-refractivity contribution >= 4 is 40.2 Å². The van der Waals surface area contributed by atoms with Gasteiger partial charge in [0.05, 0.1) is 13.2 Å². The minimum atomic E-state index is -0.604. The maximum absolute atomic E-state index is 12.2. The number of hydrogen-bond acceptors (Lipinski definition) is 5. The van der Waals surface area contributed by atoms with Gasteiger partial charge >= 0.3 is 5.97 Å². The molecule has 1 aliphatic rings. The number of aromatic nitrogens is 2. The summed E-state index contributed by atoms with van der Waals surface area (Å²) in [6.07, 6.45) is 6.35. The third-order valence-electron chi connectivity index (χ3n) is 5.35. The molecule has 1 atom stereocenters. The molecule has 2 aromatic rings. The molecule has 1 saturated carbocycles. The molecular weight excluding hydrogens is 531 g/mol. The van der Waals surface area contributed by atoms with Crippen LogP contribution in [-0.2, 0) is 11.2 Å². The summed E-state index contributed by atoms with van der Waals surface area (Å²) in [7, 11) is 0. The lowest BCUT2D eigenvalue weighted by atomic mass is 9.83. The number of halogens is 2. The summed E-state index contributed by atoms with van der Waals surface area (Å²) < 4.78 is 13.7. The zero-order valence-electron chi connectivity index (χ0n) is 18.3. The van der Waals surface area contributed by atoms with Gasteiger partial charge in [0.2, 0.25) is 0 Å². The number of pyridine rings is 2. The highest BCUT2D eigenvalue weighted by Gasteiger charge is 2.29. The second kappa shape index (κ2) is 9.90. The minimum Gasteiger partial charge on any atom is -0.490 e. The molecule has 1 fully saturated rings. The van der Waals surface area contributed by atoms with Gasteiger partial charge in [0.15, 0.2) is 16.3 Å². The maximum atomic E-state index is 12.2. The molecule has 168 valence electrons. The van der Waals surface area contributed by atoms with Crippen LogP contribution in [0.25, 0.3) is 0 Å². The Morgan fingerprint density at radius 3 is 2.71 bits per heavy atom. The summed E-state index contributed by atoms with van der Waals surface area (Å²) in [6, 6.07) is 3.34. The molecule has 0 bridgehead atoms. The van der Waals surface area contributed by atoms with Gasteiger partial charge in [-0.15, -0.1) is 0 Å². The lowest BCUT2D eigenvalue weighted by molar-refractivity contribution is 0.0523. The Hall–Kier alpha value is -1.61. The fourth-order valence-electron chi connectivity index (χ4n) is 3.35. The van der Waals surface area contributed by atoms with E-state index in [4.69, 9.17) is 21.1 Å². The first-order valence-corrected chi connectivity index (χ1v) is 11.9. The predicted molar refractivity (Wildman–Crippen MR) is 129 cm³/mol. The number of carbonyl (C=O) groups excluding carboxylic acids is 1. The van der Waals surface area contributed by atoms with E-state index in [2.05, 4.69) is 48.3 Å². The average molecular weight is 559 g/mol. The van der Waals surface area contributed by atoms with E-state index >= 15 is 0 Å². The van der Waals surface area contributed by atoms with Crippen LogP contribution in [0.15, 0.2) is 29.3 Å². The molecule has 0 N–H and O–H groups in total. The summed E-state index contributed by atoms with van der Waals surface area (Å²) in [6.45, 7) is 8.97. The van der Waals surface area contributed by atoms with Crippen LogP contribution in [0.1, 0.15) is 62.5 Å². The number of nitrogens with zero attached hydrogens (tertiary/aromatic N) is 2. The summed E-state index contributed by atoms with van der Waals surface area (Å²) in [5.74, 6) is 0.611. The van der Waals surface area contributed by atoms with Gasteiger partial charge in [0, 0.05) is 24.5 Å². The van der Waals surface area contributed by atoms with Crippen molar-refractivity contribution in [2.24, 2.45) is 11.3 Å². The molecule has 3 rings (SSSR count). The van der Waals surface area contributed by atoms with Gasteiger partial charge in [-0.3, -0.25) is 4.79 Å². The lowest BCUT2D eigenvalue weighted by Gasteiger charge is -2.33. The van der Waals surface area contributed by atoms with E-state index in [-0.39, 0.29) is 29.1 Å². The number of rotatable bonds is 8. The van der Waals surface area contributed by atoms with Crippen molar-refractivity contribution in [3.63, 3.8) is 0 Å². The third kappa shape index (κ3) is 6.22. The highest BCUT2D eigenvalue weighted by atomic mass is 127. The van der Waals surface area contributed by atoms with E-state index < -0.39 is 5.97 Å². The number of esters is 1. The standard InChI is InChI=1S/C23H28ClIN2O4/c1-5-30-22(29)16-12-27(9-8-17(16)28)19(23(2,3)4)11-15-10-18(20(24)26-21(15)25)31-13-14-6-7-14/h8-10,12,14,19H,5-7,11,13H2,1-4H3. The molecule has 31 heavy (non-hydrogen) atoms. The molecule has 1 unspecified atom stereocenters. The highest BCUT2D eigenvalue weighted by molar-refractivity contribution is 14.1. The molecule has 6 nitrogen and oxygen atoms in total. The molecule has 0 radical (unpaired) electrons. The SMILES string of the molecule is CCOC(=O)c1cn(C(Cc2cc(OCC3CC3)c(Cl)nc2I)C(C)(C)C)ccc1=O. The van der Waals surface area contributed by atoms with Crippen molar-refractivity contribution in [1.82, 2.24) is 9.55 Å². The van der Waals surface area contributed by atoms with E-state index in [1.54, 1.807) is 19.3 Å². The quantitative estimate of drug-likeness (QED) is 0.250. The van der Waals surface area contributed by atoms with E-state index in [1.165, 1.54) is 18.9 Å². The normalized spacial score (nSPS) is 14.9. The zero-order valence-corrected chi connectivity index (χ0v) is 21.2. The lowest BCUT2D eigenvalue weighted by Crippen LogP contribution is -2.29. The molecular formula is C23H28ClIN2O4. The first-order chi connectivity index (χ1) is 14.6. The maximum Gasteiger partial charge on any atom is 0.343 e. The summed E-state index contributed by atoms with van der Waals surface area (Å²) >= 11 is 8.51. The molecule has 8 heteroatoms. The zero-order chi connectivity index (χ0) is 22.8. The van der Waals surface area contributed by atoms with Gasteiger partial charge in [-0.25, -0.2) is 9.78 Å². The van der Waals surface area contributed by atoms with Crippen LogP contribution < -0.4 is 10.2 Å². The van der Waals surface area contributed by atoms with E-state index in [9.17, 15) is 9.59 Å².